The summed E-state index contributed by atoms with van der Waals surface area (Å²) in [7, 11) is 0. The maximum atomic E-state index is 12.5. The van der Waals surface area contributed by atoms with E-state index in [0.717, 1.165) is 27.8 Å². The third-order valence-corrected chi connectivity index (χ3v) is 4.39. The number of H-pyrrole nitrogens is 1. The van der Waals surface area contributed by atoms with Crippen molar-refractivity contribution in [3.05, 3.63) is 66.1 Å². The average molecular weight is 332 g/mol. The van der Waals surface area contributed by atoms with Crippen molar-refractivity contribution in [1.29, 1.82) is 0 Å². The summed E-state index contributed by atoms with van der Waals surface area (Å²) in [6.07, 6.45) is 2.06. The Balaban J connectivity index is 1.51. The van der Waals surface area contributed by atoms with E-state index in [0.29, 0.717) is 18.2 Å². The van der Waals surface area contributed by atoms with Gasteiger partial charge in [0.25, 0.3) is 5.91 Å². The van der Waals surface area contributed by atoms with E-state index >= 15 is 0 Å². The second-order valence-electron chi connectivity index (χ2n) is 6.47. The molecule has 0 radical (unpaired) electrons. The van der Waals surface area contributed by atoms with Crippen LogP contribution in [0.25, 0.3) is 21.9 Å². The van der Waals surface area contributed by atoms with Crippen molar-refractivity contribution in [2.45, 2.75) is 26.4 Å². The summed E-state index contributed by atoms with van der Waals surface area (Å²) in [6.45, 7) is 4.67. The third-order valence-electron chi connectivity index (χ3n) is 4.39. The van der Waals surface area contributed by atoms with Crippen molar-refractivity contribution in [3.63, 3.8) is 0 Å². The van der Waals surface area contributed by atoms with Crippen LogP contribution in [0.3, 0.4) is 0 Å². The highest BCUT2D eigenvalue weighted by Gasteiger charge is 2.10. The van der Waals surface area contributed by atoms with Gasteiger partial charge in [0, 0.05) is 28.7 Å². The Hall–Kier alpha value is -3.08. The van der Waals surface area contributed by atoms with E-state index in [2.05, 4.69) is 39.9 Å². The highest BCUT2D eigenvalue weighted by atomic mass is 16.1. The zero-order valence-corrected chi connectivity index (χ0v) is 14.3. The maximum absolute atomic E-state index is 12.5. The molecule has 2 aromatic heterocycles. The van der Waals surface area contributed by atoms with Crippen LogP contribution >= 0.6 is 0 Å². The van der Waals surface area contributed by atoms with Gasteiger partial charge in [0.2, 0.25) is 0 Å². The van der Waals surface area contributed by atoms with Gasteiger partial charge in [-0.15, -0.1) is 0 Å². The molecule has 25 heavy (non-hydrogen) atoms. The molecule has 0 atom stereocenters. The fourth-order valence-electron chi connectivity index (χ4n) is 3.11. The van der Waals surface area contributed by atoms with Gasteiger partial charge in [0.05, 0.1) is 17.6 Å². The van der Waals surface area contributed by atoms with E-state index in [1.807, 2.05) is 48.5 Å². The van der Waals surface area contributed by atoms with E-state index in [9.17, 15) is 4.79 Å². The monoisotopic (exact) mass is 332 g/mol. The van der Waals surface area contributed by atoms with Crippen LogP contribution in [-0.4, -0.2) is 20.4 Å². The smallest absolute Gasteiger partial charge is 0.251 e. The van der Waals surface area contributed by atoms with Crippen LogP contribution < -0.4 is 5.32 Å². The molecule has 4 aromatic rings. The van der Waals surface area contributed by atoms with Crippen LogP contribution in [0.5, 0.6) is 0 Å². The minimum absolute atomic E-state index is 0.0975. The molecule has 4 rings (SSSR count). The number of carbonyl (C=O) groups excluding carboxylic acids is 1. The van der Waals surface area contributed by atoms with E-state index in [-0.39, 0.29) is 5.91 Å². The molecular formula is C20H20N4O. The van der Waals surface area contributed by atoms with Gasteiger partial charge in [-0.05, 0) is 50.2 Å². The van der Waals surface area contributed by atoms with Crippen LogP contribution in [0.2, 0.25) is 0 Å². The Morgan fingerprint density at radius 3 is 2.84 bits per heavy atom. The molecule has 0 fully saturated rings. The minimum Gasteiger partial charge on any atom is -0.345 e. The summed E-state index contributed by atoms with van der Waals surface area (Å²) in [6, 6.07) is 16.1. The van der Waals surface area contributed by atoms with Gasteiger partial charge in [-0.2, -0.15) is 0 Å². The standard InChI is InChI=1S/C20H20N4O/c1-13(2)24-10-9-14-11-15(7-8-18(14)24)20(25)21-12-19-22-16-5-3-4-6-17(16)23-19/h3-11,13H,12H2,1-2H3,(H,21,25)(H,22,23). The number of benzene rings is 2. The van der Waals surface area contributed by atoms with Gasteiger partial charge < -0.3 is 14.9 Å². The van der Waals surface area contributed by atoms with Gasteiger partial charge in [0.1, 0.15) is 5.82 Å². The number of aromatic amines is 1. The molecule has 1 amide bonds. The van der Waals surface area contributed by atoms with Gasteiger partial charge in [0.15, 0.2) is 0 Å². The number of rotatable bonds is 4. The number of imidazole rings is 1. The minimum atomic E-state index is -0.0975. The largest absolute Gasteiger partial charge is 0.345 e. The first-order valence-corrected chi connectivity index (χ1v) is 8.44. The molecule has 5 heteroatoms. The lowest BCUT2D eigenvalue weighted by Gasteiger charge is -2.09. The summed E-state index contributed by atoms with van der Waals surface area (Å²) >= 11 is 0. The van der Waals surface area contributed by atoms with Crippen molar-refractivity contribution in [2.24, 2.45) is 0 Å². The molecule has 126 valence electrons. The molecule has 0 bridgehead atoms. The molecule has 0 aliphatic rings. The molecule has 0 aliphatic carbocycles. The van der Waals surface area contributed by atoms with Gasteiger partial charge in [-0.3, -0.25) is 4.79 Å². The summed E-state index contributed by atoms with van der Waals surface area (Å²) < 4.78 is 2.20. The first kappa shape index (κ1) is 15.4. The molecule has 2 N–H and O–H groups in total. The number of amides is 1. The molecular weight excluding hydrogens is 312 g/mol. The predicted molar refractivity (Wildman–Crippen MR) is 99.6 cm³/mol. The first-order valence-electron chi connectivity index (χ1n) is 8.44. The number of para-hydroxylation sites is 2. The Morgan fingerprint density at radius 2 is 2.04 bits per heavy atom. The van der Waals surface area contributed by atoms with E-state index in [4.69, 9.17) is 0 Å². The number of hydrogen-bond acceptors (Lipinski definition) is 2. The maximum Gasteiger partial charge on any atom is 0.251 e. The fourth-order valence-corrected chi connectivity index (χ4v) is 3.11. The fraction of sp³-hybridized carbons (Fsp3) is 0.200. The average Bonchev–Trinajstić information content (AvgIpc) is 3.22. The first-order chi connectivity index (χ1) is 12.1. The lowest BCUT2D eigenvalue weighted by atomic mass is 10.1. The highest BCUT2D eigenvalue weighted by Crippen LogP contribution is 2.21. The zero-order chi connectivity index (χ0) is 17.4. The molecule has 0 saturated carbocycles. The molecule has 0 unspecified atom stereocenters. The normalized spacial score (nSPS) is 11.5. The number of nitrogens with zero attached hydrogens (tertiary/aromatic N) is 2. The SMILES string of the molecule is CC(C)n1ccc2cc(C(=O)NCc3nc4ccccc4[nH]3)ccc21. The van der Waals surface area contributed by atoms with E-state index in [1.54, 1.807) is 0 Å². The van der Waals surface area contributed by atoms with Crippen molar-refractivity contribution in [2.75, 3.05) is 0 Å². The summed E-state index contributed by atoms with van der Waals surface area (Å²) in [5.41, 5.74) is 3.68. The van der Waals surface area contributed by atoms with Crippen LogP contribution in [0.4, 0.5) is 0 Å². The second kappa shape index (κ2) is 6.09. The van der Waals surface area contributed by atoms with E-state index in [1.165, 1.54) is 0 Å². The van der Waals surface area contributed by atoms with Crippen molar-refractivity contribution >= 4 is 27.8 Å². The Kier molecular flexibility index (Phi) is 3.76. The lowest BCUT2D eigenvalue weighted by Crippen LogP contribution is -2.23. The zero-order valence-electron chi connectivity index (χ0n) is 14.3. The quantitative estimate of drug-likeness (QED) is 0.593. The van der Waals surface area contributed by atoms with Gasteiger partial charge >= 0.3 is 0 Å². The highest BCUT2D eigenvalue weighted by molar-refractivity contribution is 5.98. The number of nitrogens with one attached hydrogen (secondary N) is 2. The van der Waals surface area contributed by atoms with Gasteiger partial charge in [-0.25, -0.2) is 4.98 Å². The lowest BCUT2D eigenvalue weighted by molar-refractivity contribution is 0.0950. The number of hydrogen-bond donors (Lipinski definition) is 2. The Labute approximate surface area is 145 Å². The van der Waals surface area contributed by atoms with Crippen LogP contribution in [0.15, 0.2) is 54.7 Å². The summed E-state index contributed by atoms with van der Waals surface area (Å²) in [5.74, 6) is 0.654. The second-order valence-corrected chi connectivity index (χ2v) is 6.47. The summed E-state index contributed by atoms with van der Waals surface area (Å²) in [5, 5.41) is 4.01. The molecule has 2 aromatic carbocycles. The van der Waals surface area contributed by atoms with Crippen molar-refractivity contribution in [1.82, 2.24) is 19.9 Å². The molecule has 5 nitrogen and oxygen atoms in total. The predicted octanol–water partition coefficient (Wildman–Crippen LogP) is 4.03. The van der Waals surface area contributed by atoms with Crippen molar-refractivity contribution in [3.8, 4) is 0 Å². The van der Waals surface area contributed by atoms with Crippen LogP contribution in [0.1, 0.15) is 36.1 Å². The Bertz CT molecular complexity index is 1020. The molecule has 0 aliphatic heterocycles. The molecule has 0 saturated heterocycles. The van der Waals surface area contributed by atoms with Crippen LogP contribution in [0, 0.1) is 0 Å². The third kappa shape index (κ3) is 2.89. The summed E-state index contributed by atoms with van der Waals surface area (Å²) in [4.78, 5) is 20.2. The van der Waals surface area contributed by atoms with Gasteiger partial charge in [-0.1, -0.05) is 12.1 Å². The number of aromatic nitrogens is 3. The van der Waals surface area contributed by atoms with Crippen molar-refractivity contribution < 1.29 is 4.79 Å². The Morgan fingerprint density at radius 1 is 1.20 bits per heavy atom. The number of fused-ring (bicyclic) bond motifs is 2. The van der Waals surface area contributed by atoms with E-state index < -0.39 is 0 Å². The molecule has 0 spiro atoms. The van der Waals surface area contributed by atoms with Crippen LogP contribution in [-0.2, 0) is 6.54 Å². The number of carbonyl (C=O) groups is 1. The topological polar surface area (TPSA) is 62.7 Å². The molecule has 2 heterocycles.